The summed E-state index contributed by atoms with van der Waals surface area (Å²) in [6, 6.07) is 8.01. The van der Waals surface area contributed by atoms with Crippen molar-refractivity contribution in [2.24, 2.45) is 0 Å². The summed E-state index contributed by atoms with van der Waals surface area (Å²) in [5.41, 5.74) is 0.256. The third-order valence-corrected chi connectivity index (χ3v) is 1.76. The first-order valence-electron chi connectivity index (χ1n) is 4.61. The van der Waals surface area contributed by atoms with Crippen molar-refractivity contribution in [3.8, 4) is 0 Å². The maximum absolute atomic E-state index is 11.3. The van der Waals surface area contributed by atoms with Crippen LogP contribution in [0.25, 0.3) is 0 Å². The molecule has 0 saturated heterocycles. The van der Waals surface area contributed by atoms with E-state index in [1.165, 1.54) is 12.1 Å². The van der Waals surface area contributed by atoms with E-state index in [0.29, 0.717) is 0 Å². The van der Waals surface area contributed by atoms with Crippen molar-refractivity contribution < 1.29 is 55.2 Å². The topological polar surface area (TPSA) is 80.7 Å². The van der Waals surface area contributed by atoms with E-state index < -0.39 is 17.9 Å². The quantitative estimate of drug-likeness (QED) is 0.391. The number of esters is 2. The minimum atomic E-state index is -1.11. The number of benzene rings is 1. The molecular formula is C11H11NaO5. The maximum atomic E-state index is 11.3. The van der Waals surface area contributed by atoms with Gasteiger partial charge in [0.15, 0.2) is 0 Å². The van der Waals surface area contributed by atoms with Crippen LogP contribution in [0.15, 0.2) is 30.3 Å². The van der Waals surface area contributed by atoms with Gasteiger partial charge >= 0.3 is 47.5 Å². The third-order valence-electron chi connectivity index (χ3n) is 1.76. The first kappa shape index (κ1) is 15.8. The average molecular weight is 246 g/mol. The van der Waals surface area contributed by atoms with E-state index in [1.54, 1.807) is 18.2 Å². The Bertz CT molecular complexity index is 407. The van der Waals surface area contributed by atoms with E-state index in [1.807, 2.05) is 0 Å². The number of carboxylic acids is 1. The molecule has 1 aromatic rings. The molecule has 0 aromatic heterocycles. The van der Waals surface area contributed by atoms with Crippen LogP contribution in [-0.2, 0) is 14.3 Å². The molecule has 86 valence electrons. The molecule has 0 aliphatic heterocycles. The fourth-order valence-electron chi connectivity index (χ4n) is 0.997. The number of carbonyl (C=O) groups excluding carboxylic acids is 2. The molecule has 17 heavy (non-hydrogen) atoms. The van der Waals surface area contributed by atoms with Crippen molar-refractivity contribution in [3.05, 3.63) is 35.9 Å². The Balaban J connectivity index is 0. The fraction of sp³-hybridized carbons (Fsp3) is 0.182. The van der Waals surface area contributed by atoms with Gasteiger partial charge < -0.3 is 11.3 Å². The van der Waals surface area contributed by atoms with Gasteiger partial charge in [0.2, 0.25) is 0 Å². The van der Waals surface area contributed by atoms with E-state index in [9.17, 15) is 14.4 Å². The average Bonchev–Trinajstić information content (AvgIpc) is 2.27. The summed E-state index contributed by atoms with van der Waals surface area (Å²) in [6.07, 6.45) is -0.658. The van der Waals surface area contributed by atoms with Crippen LogP contribution in [-0.4, -0.2) is 23.0 Å². The number of hydrogen-bond acceptors (Lipinski definition) is 4. The third kappa shape index (κ3) is 6.21. The summed E-state index contributed by atoms with van der Waals surface area (Å²) in [5, 5.41) is 8.32. The van der Waals surface area contributed by atoms with Gasteiger partial charge in [-0.25, -0.2) is 4.79 Å². The Morgan fingerprint density at radius 1 is 1.12 bits per heavy atom. The standard InChI is InChI=1S/C11H10O5.Na.H/c12-9(13)6-7-10(14)16-11(15)8-4-2-1-3-5-8;;/h1-5H,6-7H2,(H,12,13);;/q;+1;-1. The van der Waals surface area contributed by atoms with Crippen LogP contribution in [0.2, 0.25) is 0 Å². The van der Waals surface area contributed by atoms with Crippen LogP contribution < -0.4 is 29.6 Å². The fourth-order valence-corrected chi connectivity index (χ4v) is 0.997. The number of aliphatic carboxylic acids is 1. The smallest absolute Gasteiger partial charge is 1.00 e. The number of rotatable bonds is 4. The van der Waals surface area contributed by atoms with Crippen LogP contribution in [0.5, 0.6) is 0 Å². The Labute approximate surface area is 122 Å². The molecule has 0 aliphatic rings. The van der Waals surface area contributed by atoms with Gasteiger partial charge in [-0.05, 0) is 12.1 Å². The molecule has 6 heteroatoms. The largest absolute Gasteiger partial charge is 1.00 e. The number of hydrogen-bond donors (Lipinski definition) is 1. The predicted octanol–water partition coefficient (Wildman–Crippen LogP) is -1.65. The van der Waals surface area contributed by atoms with E-state index in [0.717, 1.165) is 0 Å². The molecule has 5 nitrogen and oxygen atoms in total. The van der Waals surface area contributed by atoms with Gasteiger partial charge in [-0.15, -0.1) is 0 Å². The van der Waals surface area contributed by atoms with Crippen molar-refractivity contribution in [1.82, 2.24) is 0 Å². The molecule has 0 saturated carbocycles. The van der Waals surface area contributed by atoms with Gasteiger partial charge in [-0.2, -0.15) is 0 Å². The SMILES string of the molecule is O=C(O)CCC(=O)OC(=O)c1ccccc1.[H-].[Na+]. The van der Waals surface area contributed by atoms with E-state index in [-0.39, 0.29) is 49.4 Å². The van der Waals surface area contributed by atoms with Crippen molar-refractivity contribution in [1.29, 1.82) is 0 Å². The molecule has 0 heterocycles. The van der Waals surface area contributed by atoms with Crippen molar-refractivity contribution in [2.45, 2.75) is 12.8 Å². The molecule has 0 amide bonds. The summed E-state index contributed by atoms with van der Waals surface area (Å²) >= 11 is 0. The van der Waals surface area contributed by atoms with Gasteiger partial charge in [-0.1, -0.05) is 18.2 Å². The molecular weight excluding hydrogens is 235 g/mol. The van der Waals surface area contributed by atoms with Gasteiger partial charge in [0.25, 0.3) is 0 Å². The second kappa shape index (κ2) is 8.00. The first-order valence-corrected chi connectivity index (χ1v) is 4.61. The van der Waals surface area contributed by atoms with E-state index in [2.05, 4.69) is 4.74 Å². The molecule has 0 spiro atoms. The molecule has 0 unspecified atom stereocenters. The van der Waals surface area contributed by atoms with E-state index in [4.69, 9.17) is 5.11 Å². The Hall–Kier alpha value is -1.17. The molecule has 0 bridgehead atoms. The summed E-state index contributed by atoms with van der Waals surface area (Å²) in [5.74, 6) is -2.71. The second-order valence-electron chi connectivity index (χ2n) is 3.02. The number of ether oxygens (including phenoxy) is 1. The van der Waals surface area contributed by atoms with Crippen molar-refractivity contribution >= 4 is 17.9 Å². The van der Waals surface area contributed by atoms with Crippen LogP contribution in [0, 0.1) is 0 Å². The molecule has 1 N–H and O–H groups in total. The van der Waals surface area contributed by atoms with E-state index >= 15 is 0 Å². The summed E-state index contributed by atoms with van der Waals surface area (Å²) < 4.78 is 4.45. The summed E-state index contributed by atoms with van der Waals surface area (Å²) in [4.78, 5) is 32.5. The van der Waals surface area contributed by atoms with Gasteiger partial charge in [-0.3, -0.25) is 9.59 Å². The van der Waals surface area contributed by atoms with Gasteiger partial charge in [0.05, 0.1) is 18.4 Å². The molecule has 0 fully saturated rings. The first-order chi connectivity index (χ1) is 7.59. The minimum Gasteiger partial charge on any atom is -1.00 e. The molecule has 0 atom stereocenters. The van der Waals surface area contributed by atoms with Crippen molar-refractivity contribution in [2.75, 3.05) is 0 Å². The number of carboxylic acid groups (broad SMARTS) is 1. The van der Waals surface area contributed by atoms with Crippen LogP contribution in [0.4, 0.5) is 0 Å². The zero-order valence-electron chi connectivity index (χ0n) is 10.4. The molecule has 1 aromatic carbocycles. The van der Waals surface area contributed by atoms with Gasteiger partial charge in [0.1, 0.15) is 0 Å². The number of carbonyl (C=O) groups is 3. The Kier molecular flexibility index (Phi) is 7.45. The maximum Gasteiger partial charge on any atom is 1.00 e. The summed E-state index contributed by atoms with van der Waals surface area (Å²) in [6.45, 7) is 0. The van der Waals surface area contributed by atoms with Crippen LogP contribution in [0.3, 0.4) is 0 Å². The Morgan fingerprint density at radius 2 is 1.71 bits per heavy atom. The second-order valence-corrected chi connectivity index (χ2v) is 3.02. The zero-order valence-corrected chi connectivity index (χ0v) is 11.4. The minimum absolute atomic E-state index is 0. The Morgan fingerprint density at radius 3 is 2.24 bits per heavy atom. The molecule has 0 aliphatic carbocycles. The predicted molar refractivity (Wildman–Crippen MR) is 54.8 cm³/mol. The molecule has 1 rings (SSSR count). The van der Waals surface area contributed by atoms with Gasteiger partial charge in [0, 0.05) is 0 Å². The van der Waals surface area contributed by atoms with Crippen LogP contribution >= 0.6 is 0 Å². The van der Waals surface area contributed by atoms with Crippen molar-refractivity contribution in [3.63, 3.8) is 0 Å². The summed E-state index contributed by atoms with van der Waals surface area (Å²) in [7, 11) is 0. The molecule has 0 radical (unpaired) electrons. The van der Waals surface area contributed by atoms with Crippen LogP contribution in [0.1, 0.15) is 24.6 Å². The zero-order chi connectivity index (χ0) is 12.0. The normalized spacial score (nSPS) is 8.94. The monoisotopic (exact) mass is 246 g/mol.